The number of ether oxygens (including phenoxy) is 2. The number of carbonyl (C=O) groups is 1. The van der Waals surface area contributed by atoms with Crippen molar-refractivity contribution in [2.75, 3.05) is 46.1 Å². The molecule has 1 aliphatic rings. The number of nitrogens with zero attached hydrogens (tertiary/aromatic N) is 1. The number of rotatable bonds is 11. The molecule has 0 bridgehead atoms. The molecular formula is C24H32N2O3. The molecule has 0 spiro atoms. The highest BCUT2D eigenvalue weighted by Gasteiger charge is 2.16. The van der Waals surface area contributed by atoms with Crippen LogP contribution in [0.4, 0.5) is 0 Å². The summed E-state index contributed by atoms with van der Waals surface area (Å²) < 4.78 is 11.5. The first-order chi connectivity index (χ1) is 14.3. The standard InChI is InChI=1S/C24H32N2O3/c27-24(22-12-6-2-7-13-22)25-23(21-10-4-1-5-11-21)20-29-19-18-28-17-16-26-14-8-3-9-15-26/h1-2,4-7,10-13,23H,3,8-9,14-20H2,(H,25,27). The number of likely N-dealkylation sites (tertiary alicyclic amines) is 1. The summed E-state index contributed by atoms with van der Waals surface area (Å²) in [5.74, 6) is -0.0964. The van der Waals surface area contributed by atoms with Crippen molar-refractivity contribution in [1.29, 1.82) is 0 Å². The third kappa shape index (κ3) is 7.61. The Kier molecular flexibility index (Phi) is 9.17. The summed E-state index contributed by atoms with van der Waals surface area (Å²) in [6.45, 7) is 5.64. The molecule has 5 heteroatoms. The first-order valence-electron chi connectivity index (χ1n) is 10.6. The smallest absolute Gasteiger partial charge is 0.251 e. The minimum absolute atomic E-state index is 0.0964. The Balaban J connectivity index is 1.40. The molecule has 2 aromatic carbocycles. The first-order valence-corrected chi connectivity index (χ1v) is 10.6. The average molecular weight is 397 g/mol. The fraction of sp³-hybridized carbons (Fsp3) is 0.458. The van der Waals surface area contributed by atoms with E-state index in [1.165, 1.54) is 32.4 Å². The zero-order chi connectivity index (χ0) is 20.2. The number of amides is 1. The van der Waals surface area contributed by atoms with E-state index >= 15 is 0 Å². The molecule has 1 fully saturated rings. The molecule has 1 atom stereocenters. The minimum Gasteiger partial charge on any atom is -0.378 e. The Bertz CT molecular complexity index is 703. The van der Waals surface area contributed by atoms with Gasteiger partial charge in [-0.3, -0.25) is 4.79 Å². The topological polar surface area (TPSA) is 50.8 Å². The molecule has 2 aromatic rings. The van der Waals surface area contributed by atoms with Crippen LogP contribution in [0.3, 0.4) is 0 Å². The molecule has 1 heterocycles. The number of nitrogens with one attached hydrogen (secondary N) is 1. The number of carbonyl (C=O) groups excluding carboxylic acids is 1. The van der Waals surface area contributed by atoms with Gasteiger partial charge in [0.15, 0.2) is 0 Å². The summed E-state index contributed by atoms with van der Waals surface area (Å²) in [6.07, 6.45) is 3.96. The molecule has 0 aromatic heterocycles. The van der Waals surface area contributed by atoms with Crippen LogP contribution >= 0.6 is 0 Å². The molecule has 0 aliphatic carbocycles. The van der Waals surface area contributed by atoms with Crippen LogP contribution in [0.15, 0.2) is 60.7 Å². The molecule has 3 rings (SSSR count). The quantitative estimate of drug-likeness (QED) is 0.589. The lowest BCUT2D eigenvalue weighted by Crippen LogP contribution is -2.33. The van der Waals surface area contributed by atoms with Crippen LogP contribution in [0.1, 0.15) is 41.2 Å². The van der Waals surface area contributed by atoms with Crippen molar-refractivity contribution in [3.8, 4) is 0 Å². The van der Waals surface area contributed by atoms with Crippen molar-refractivity contribution in [2.24, 2.45) is 0 Å². The average Bonchev–Trinajstić information content (AvgIpc) is 2.79. The molecule has 1 aliphatic heterocycles. The van der Waals surface area contributed by atoms with Gasteiger partial charge in [-0.25, -0.2) is 0 Å². The summed E-state index contributed by atoms with van der Waals surface area (Å²) in [7, 11) is 0. The lowest BCUT2D eigenvalue weighted by Gasteiger charge is -2.26. The van der Waals surface area contributed by atoms with Gasteiger partial charge in [0.05, 0.1) is 32.5 Å². The number of hydrogen-bond acceptors (Lipinski definition) is 4. The van der Waals surface area contributed by atoms with E-state index in [1.807, 2.05) is 60.7 Å². The molecule has 0 saturated carbocycles. The van der Waals surface area contributed by atoms with E-state index in [4.69, 9.17) is 9.47 Å². The largest absolute Gasteiger partial charge is 0.378 e. The molecule has 1 N–H and O–H groups in total. The normalized spacial score (nSPS) is 15.7. The van der Waals surface area contributed by atoms with Crippen LogP contribution in [-0.2, 0) is 9.47 Å². The number of piperidine rings is 1. The van der Waals surface area contributed by atoms with Crippen LogP contribution in [0.25, 0.3) is 0 Å². The molecule has 156 valence electrons. The zero-order valence-electron chi connectivity index (χ0n) is 17.1. The van der Waals surface area contributed by atoms with E-state index in [9.17, 15) is 4.79 Å². The monoisotopic (exact) mass is 396 g/mol. The van der Waals surface area contributed by atoms with E-state index in [0.717, 1.165) is 18.7 Å². The second kappa shape index (κ2) is 12.4. The Hall–Kier alpha value is -2.21. The highest BCUT2D eigenvalue weighted by molar-refractivity contribution is 5.94. The predicted molar refractivity (Wildman–Crippen MR) is 115 cm³/mol. The summed E-state index contributed by atoms with van der Waals surface area (Å²) in [5, 5.41) is 3.08. The van der Waals surface area contributed by atoms with Gasteiger partial charge in [0, 0.05) is 12.1 Å². The fourth-order valence-electron chi connectivity index (χ4n) is 3.54. The van der Waals surface area contributed by atoms with Gasteiger partial charge in [0.25, 0.3) is 5.91 Å². The Labute approximate surface area is 174 Å². The van der Waals surface area contributed by atoms with Crippen molar-refractivity contribution < 1.29 is 14.3 Å². The minimum atomic E-state index is -0.197. The van der Waals surface area contributed by atoms with Crippen molar-refractivity contribution in [2.45, 2.75) is 25.3 Å². The van der Waals surface area contributed by atoms with Gasteiger partial charge in [-0.05, 0) is 43.6 Å². The maximum absolute atomic E-state index is 12.6. The van der Waals surface area contributed by atoms with Crippen molar-refractivity contribution in [3.05, 3.63) is 71.8 Å². The fourth-order valence-corrected chi connectivity index (χ4v) is 3.54. The van der Waals surface area contributed by atoms with Crippen LogP contribution in [0.2, 0.25) is 0 Å². The second-order valence-corrected chi connectivity index (χ2v) is 7.39. The Morgan fingerprint density at radius 1 is 0.862 bits per heavy atom. The van der Waals surface area contributed by atoms with Gasteiger partial charge < -0.3 is 19.7 Å². The Morgan fingerprint density at radius 2 is 1.52 bits per heavy atom. The molecular weight excluding hydrogens is 364 g/mol. The molecule has 29 heavy (non-hydrogen) atoms. The second-order valence-electron chi connectivity index (χ2n) is 7.39. The number of benzene rings is 2. The SMILES string of the molecule is O=C(NC(COCCOCCN1CCCCC1)c1ccccc1)c1ccccc1. The third-order valence-electron chi connectivity index (χ3n) is 5.20. The van der Waals surface area contributed by atoms with Crippen molar-refractivity contribution in [3.63, 3.8) is 0 Å². The molecule has 1 amide bonds. The van der Waals surface area contributed by atoms with Gasteiger partial charge in [0.2, 0.25) is 0 Å². The van der Waals surface area contributed by atoms with E-state index in [0.29, 0.717) is 25.4 Å². The zero-order valence-corrected chi connectivity index (χ0v) is 17.1. The van der Waals surface area contributed by atoms with Gasteiger partial charge in [0.1, 0.15) is 0 Å². The summed E-state index contributed by atoms with van der Waals surface area (Å²) in [4.78, 5) is 15.0. The molecule has 1 saturated heterocycles. The van der Waals surface area contributed by atoms with Crippen molar-refractivity contribution in [1.82, 2.24) is 10.2 Å². The van der Waals surface area contributed by atoms with Gasteiger partial charge in [-0.2, -0.15) is 0 Å². The first kappa shape index (κ1) is 21.5. The van der Waals surface area contributed by atoms with Crippen LogP contribution in [-0.4, -0.2) is 56.9 Å². The van der Waals surface area contributed by atoms with Crippen LogP contribution in [0, 0.1) is 0 Å². The molecule has 0 radical (unpaired) electrons. The van der Waals surface area contributed by atoms with Crippen LogP contribution in [0.5, 0.6) is 0 Å². The van der Waals surface area contributed by atoms with Crippen LogP contribution < -0.4 is 5.32 Å². The molecule has 1 unspecified atom stereocenters. The summed E-state index contributed by atoms with van der Waals surface area (Å²) in [6, 6.07) is 19.0. The van der Waals surface area contributed by atoms with E-state index in [2.05, 4.69) is 10.2 Å². The summed E-state index contributed by atoms with van der Waals surface area (Å²) >= 11 is 0. The highest BCUT2D eigenvalue weighted by Crippen LogP contribution is 2.14. The van der Waals surface area contributed by atoms with Gasteiger partial charge in [-0.15, -0.1) is 0 Å². The third-order valence-corrected chi connectivity index (χ3v) is 5.20. The predicted octanol–water partition coefficient (Wildman–Crippen LogP) is 3.68. The lowest BCUT2D eigenvalue weighted by molar-refractivity contribution is 0.0293. The van der Waals surface area contributed by atoms with Crippen molar-refractivity contribution >= 4 is 5.91 Å². The maximum atomic E-state index is 12.6. The van der Waals surface area contributed by atoms with E-state index in [-0.39, 0.29) is 11.9 Å². The van der Waals surface area contributed by atoms with E-state index < -0.39 is 0 Å². The maximum Gasteiger partial charge on any atom is 0.251 e. The van der Waals surface area contributed by atoms with E-state index in [1.54, 1.807) is 0 Å². The number of hydrogen-bond donors (Lipinski definition) is 1. The van der Waals surface area contributed by atoms with Gasteiger partial charge >= 0.3 is 0 Å². The van der Waals surface area contributed by atoms with Gasteiger partial charge in [-0.1, -0.05) is 55.0 Å². The lowest BCUT2D eigenvalue weighted by atomic mass is 10.1. The summed E-state index contributed by atoms with van der Waals surface area (Å²) in [5.41, 5.74) is 1.68. The Morgan fingerprint density at radius 3 is 2.24 bits per heavy atom. The highest BCUT2D eigenvalue weighted by atomic mass is 16.5. The molecule has 5 nitrogen and oxygen atoms in total.